The number of carboxylic acids is 1. The molecule has 2 heterocycles. The first-order chi connectivity index (χ1) is 13.0. The Bertz CT molecular complexity index is 881. The molecule has 1 fully saturated rings. The van der Waals surface area contributed by atoms with Gasteiger partial charge in [-0.05, 0) is 44.1 Å². The Morgan fingerprint density at radius 2 is 1.90 bits per heavy atom. The fourth-order valence-electron chi connectivity index (χ4n) is 3.15. The van der Waals surface area contributed by atoms with Crippen LogP contribution in [0.25, 0.3) is 11.0 Å². The number of halogens is 2. The van der Waals surface area contributed by atoms with Gasteiger partial charge in [-0.25, -0.2) is 4.98 Å². The van der Waals surface area contributed by atoms with Crippen LogP contribution >= 0.6 is 34.0 Å². The molecule has 0 spiro atoms. The van der Waals surface area contributed by atoms with Crippen molar-refractivity contribution in [2.24, 2.45) is 7.05 Å². The summed E-state index contributed by atoms with van der Waals surface area (Å²) in [6.45, 7) is 1.82. The zero-order valence-corrected chi connectivity index (χ0v) is 19.4. The molecule has 3 rings (SSSR count). The topological polar surface area (TPSA) is 125 Å². The van der Waals surface area contributed by atoms with Gasteiger partial charge in [0.1, 0.15) is 0 Å². The van der Waals surface area contributed by atoms with Crippen LogP contribution in [0.4, 0.5) is 0 Å². The van der Waals surface area contributed by atoms with Gasteiger partial charge in [0.05, 0.1) is 17.5 Å². The smallest absolute Gasteiger partial charge is 0.305 e. The van der Waals surface area contributed by atoms with Crippen LogP contribution in [-0.2, 0) is 11.8 Å². The van der Waals surface area contributed by atoms with Crippen LogP contribution in [-0.4, -0.2) is 58.1 Å². The molecule has 0 atom stereocenters. The zero-order chi connectivity index (χ0) is 19.4. The molecule has 0 unspecified atom stereocenters. The summed E-state index contributed by atoms with van der Waals surface area (Å²) in [6, 6.07) is 5.10. The fraction of sp³-hybridized carbons (Fsp3) is 0.444. The molecule has 160 valence electrons. The third kappa shape index (κ3) is 6.25. The Labute approximate surface area is 189 Å². The number of aliphatic carboxylic acids is 1. The molecule has 2 aromatic rings. The highest BCUT2D eigenvalue weighted by molar-refractivity contribution is 8.93. The lowest BCUT2D eigenvalue weighted by Crippen LogP contribution is -2.43. The first-order valence-electron chi connectivity index (χ1n) is 8.94. The summed E-state index contributed by atoms with van der Waals surface area (Å²) in [7, 11) is 1.76. The second-order valence-electron chi connectivity index (χ2n) is 6.60. The number of aromatic nitrogens is 2. The van der Waals surface area contributed by atoms with E-state index in [1.54, 1.807) is 29.8 Å². The molecule has 2 amide bonds. The van der Waals surface area contributed by atoms with Gasteiger partial charge < -0.3 is 25.6 Å². The molecule has 1 aliphatic rings. The molecule has 0 saturated carbocycles. The summed E-state index contributed by atoms with van der Waals surface area (Å²) in [5, 5.41) is 17.5. The largest absolute Gasteiger partial charge is 0.481 e. The second kappa shape index (κ2) is 11.3. The summed E-state index contributed by atoms with van der Waals surface area (Å²) in [5.41, 5.74) is 1.66. The maximum Gasteiger partial charge on any atom is 0.305 e. The van der Waals surface area contributed by atoms with Crippen molar-refractivity contribution in [2.75, 3.05) is 19.6 Å². The van der Waals surface area contributed by atoms with Crippen molar-refractivity contribution >= 4 is 62.8 Å². The maximum atomic E-state index is 12.6. The molecule has 0 radical (unpaired) electrons. The minimum absolute atomic E-state index is 0. The van der Waals surface area contributed by atoms with Gasteiger partial charge in [0.15, 0.2) is 5.82 Å². The number of amides is 2. The number of carbonyl (C=O) groups excluding carboxylic acids is 2. The first-order valence-corrected chi connectivity index (χ1v) is 8.94. The zero-order valence-electron chi connectivity index (χ0n) is 15.9. The average Bonchev–Trinajstić information content (AvgIpc) is 2.98. The molecule has 0 aliphatic carbocycles. The number of hydrogen-bond acceptors (Lipinski definition) is 5. The third-order valence-electron chi connectivity index (χ3n) is 4.64. The Hall–Kier alpha value is -1.98. The summed E-state index contributed by atoms with van der Waals surface area (Å²) < 4.78 is 1.71. The van der Waals surface area contributed by atoms with Crippen molar-refractivity contribution in [3.63, 3.8) is 0 Å². The van der Waals surface area contributed by atoms with E-state index in [2.05, 4.69) is 20.9 Å². The monoisotopic (exact) mass is 533 g/mol. The normalized spacial score (nSPS) is 13.8. The van der Waals surface area contributed by atoms with Crippen molar-refractivity contribution in [3.8, 4) is 0 Å². The molecule has 0 bridgehead atoms. The van der Waals surface area contributed by atoms with Crippen molar-refractivity contribution in [2.45, 2.75) is 25.3 Å². The van der Waals surface area contributed by atoms with Crippen LogP contribution in [0.3, 0.4) is 0 Å². The highest BCUT2D eigenvalue weighted by Crippen LogP contribution is 2.17. The Morgan fingerprint density at radius 3 is 2.55 bits per heavy atom. The predicted molar refractivity (Wildman–Crippen MR) is 119 cm³/mol. The Kier molecular flexibility index (Phi) is 9.74. The number of imidazole rings is 1. The van der Waals surface area contributed by atoms with Crippen molar-refractivity contribution in [3.05, 3.63) is 29.6 Å². The van der Waals surface area contributed by atoms with Crippen LogP contribution in [0.2, 0.25) is 0 Å². The van der Waals surface area contributed by atoms with Crippen LogP contribution in [0.5, 0.6) is 0 Å². The van der Waals surface area contributed by atoms with Crippen LogP contribution in [0.15, 0.2) is 18.2 Å². The van der Waals surface area contributed by atoms with Crippen molar-refractivity contribution in [1.82, 2.24) is 25.5 Å². The molecule has 29 heavy (non-hydrogen) atoms. The number of rotatable bonds is 6. The Balaban J connectivity index is 0.00000210. The highest BCUT2D eigenvalue weighted by Gasteiger charge is 2.21. The molecular formula is C18H25Br2N5O4. The summed E-state index contributed by atoms with van der Waals surface area (Å²) in [5.74, 6) is -1.27. The number of carbonyl (C=O) groups is 3. The van der Waals surface area contributed by atoms with E-state index >= 15 is 0 Å². The van der Waals surface area contributed by atoms with Gasteiger partial charge in [-0.15, -0.1) is 34.0 Å². The lowest BCUT2D eigenvalue weighted by molar-refractivity contribution is -0.136. The van der Waals surface area contributed by atoms with E-state index in [4.69, 9.17) is 5.11 Å². The summed E-state index contributed by atoms with van der Waals surface area (Å²) >= 11 is 0. The van der Waals surface area contributed by atoms with E-state index in [-0.39, 0.29) is 64.8 Å². The highest BCUT2D eigenvalue weighted by atomic mass is 79.9. The van der Waals surface area contributed by atoms with Crippen LogP contribution < -0.4 is 16.0 Å². The lowest BCUT2D eigenvalue weighted by atomic mass is 10.1. The predicted octanol–water partition coefficient (Wildman–Crippen LogP) is 1.42. The summed E-state index contributed by atoms with van der Waals surface area (Å²) in [6.07, 6.45) is 1.63. The van der Waals surface area contributed by atoms with E-state index < -0.39 is 5.97 Å². The van der Waals surface area contributed by atoms with E-state index in [0.717, 1.165) is 31.4 Å². The number of nitrogens with zero attached hydrogens (tertiary/aromatic N) is 2. The number of piperidine rings is 1. The minimum Gasteiger partial charge on any atom is -0.481 e. The molecule has 1 saturated heterocycles. The minimum atomic E-state index is -0.972. The van der Waals surface area contributed by atoms with Crippen LogP contribution in [0.1, 0.15) is 40.2 Å². The Morgan fingerprint density at radius 1 is 1.21 bits per heavy atom. The number of hydrogen-bond donors (Lipinski definition) is 4. The van der Waals surface area contributed by atoms with Gasteiger partial charge in [-0.3, -0.25) is 14.4 Å². The third-order valence-corrected chi connectivity index (χ3v) is 4.64. The van der Waals surface area contributed by atoms with Gasteiger partial charge in [0.2, 0.25) is 0 Å². The average molecular weight is 535 g/mol. The van der Waals surface area contributed by atoms with E-state index in [9.17, 15) is 14.4 Å². The van der Waals surface area contributed by atoms with Gasteiger partial charge >= 0.3 is 5.97 Å². The van der Waals surface area contributed by atoms with Crippen LogP contribution in [0, 0.1) is 0 Å². The first kappa shape index (κ1) is 25.1. The van der Waals surface area contributed by atoms with Crippen molar-refractivity contribution < 1.29 is 19.5 Å². The van der Waals surface area contributed by atoms with E-state index in [1.807, 2.05) is 0 Å². The molecule has 4 N–H and O–H groups in total. The van der Waals surface area contributed by atoms with Gasteiger partial charge in [-0.1, -0.05) is 0 Å². The lowest BCUT2D eigenvalue weighted by Gasteiger charge is -2.23. The number of fused-ring (bicyclic) bond motifs is 1. The molecule has 9 nitrogen and oxygen atoms in total. The van der Waals surface area contributed by atoms with E-state index in [1.165, 1.54) is 0 Å². The number of nitrogens with one attached hydrogen (secondary N) is 3. The molecule has 1 aromatic carbocycles. The van der Waals surface area contributed by atoms with E-state index in [0.29, 0.717) is 16.9 Å². The fourth-order valence-corrected chi connectivity index (χ4v) is 3.15. The van der Waals surface area contributed by atoms with Gasteiger partial charge in [0.25, 0.3) is 11.8 Å². The number of carboxylic acid groups (broad SMARTS) is 1. The number of benzene rings is 1. The number of aryl methyl sites for hydroxylation is 1. The maximum absolute atomic E-state index is 12.6. The summed E-state index contributed by atoms with van der Waals surface area (Å²) in [4.78, 5) is 39.6. The van der Waals surface area contributed by atoms with Crippen molar-refractivity contribution in [1.29, 1.82) is 0 Å². The molecular weight excluding hydrogens is 510 g/mol. The molecule has 1 aromatic heterocycles. The standard InChI is InChI=1S/C18H23N5O4.2BrH/c1-23-14-3-2-11(17(26)20-9-6-15(24)25)10-13(14)22-16(23)18(27)21-12-4-7-19-8-5-12;;/h2-3,10,12,19H,4-9H2,1H3,(H,20,26)(H,21,27)(H,24,25);2*1H. The molecule has 1 aliphatic heterocycles. The van der Waals surface area contributed by atoms with Gasteiger partial charge in [-0.2, -0.15) is 0 Å². The van der Waals surface area contributed by atoms with Gasteiger partial charge in [0, 0.05) is 25.2 Å². The SMILES string of the molecule is Br.Br.Cn1c(C(=O)NC2CCNCC2)nc2cc(C(=O)NCCC(=O)O)ccc21. The second-order valence-corrected chi connectivity index (χ2v) is 6.60. The molecule has 11 heteroatoms. The quantitative estimate of drug-likeness (QED) is 0.444.